The van der Waals surface area contributed by atoms with Gasteiger partial charge in [-0.15, -0.1) is 0 Å². The number of non-ortho nitro benzene ring substituents is 1. The van der Waals surface area contributed by atoms with Crippen LogP contribution in [0.3, 0.4) is 0 Å². The number of hydrogen-bond acceptors (Lipinski definition) is 3. The molecule has 0 spiro atoms. The summed E-state index contributed by atoms with van der Waals surface area (Å²) in [5.41, 5.74) is 0.861. The molecule has 0 saturated carbocycles. The summed E-state index contributed by atoms with van der Waals surface area (Å²) in [6.45, 7) is 5.53. The lowest BCUT2D eigenvalue weighted by molar-refractivity contribution is -0.384. The van der Waals surface area contributed by atoms with Gasteiger partial charge in [0.15, 0.2) is 0 Å². The van der Waals surface area contributed by atoms with Crippen LogP contribution in [0.4, 0.5) is 5.69 Å². The normalized spacial score (nSPS) is 10.2. The van der Waals surface area contributed by atoms with Gasteiger partial charge in [-0.25, -0.2) is 0 Å². The molecule has 0 aromatic heterocycles. The summed E-state index contributed by atoms with van der Waals surface area (Å²) < 4.78 is 0. The third-order valence-electron chi connectivity index (χ3n) is 3.02. The Hall–Kier alpha value is -1.91. The number of amides is 1. The number of carbonyl (C=O) groups excluding carboxylic acids is 1. The van der Waals surface area contributed by atoms with Crippen LogP contribution in [0.2, 0.25) is 0 Å². The van der Waals surface area contributed by atoms with E-state index < -0.39 is 4.92 Å². The number of nitrogens with zero attached hydrogens (tertiary/aromatic N) is 2. The van der Waals surface area contributed by atoms with Crippen molar-refractivity contribution < 1.29 is 9.72 Å². The van der Waals surface area contributed by atoms with Crippen molar-refractivity contribution in [1.82, 2.24) is 4.90 Å². The number of nitro groups is 1. The molecular weight excluding hydrogens is 244 g/mol. The Morgan fingerprint density at radius 1 is 1.26 bits per heavy atom. The molecule has 0 unspecified atom stereocenters. The topological polar surface area (TPSA) is 63.5 Å². The lowest BCUT2D eigenvalue weighted by Crippen LogP contribution is -2.32. The second-order valence-electron chi connectivity index (χ2n) is 4.43. The van der Waals surface area contributed by atoms with Crippen molar-refractivity contribution in [1.29, 1.82) is 0 Å². The molecule has 1 rings (SSSR count). The van der Waals surface area contributed by atoms with Crippen LogP contribution in [-0.2, 0) is 11.2 Å². The SMILES string of the molecule is CCCCN(CC)C(=O)Cc1ccc([N+](=O)[O-])cc1. The van der Waals surface area contributed by atoms with Crippen molar-refractivity contribution in [2.45, 2.75) is 33.1 Å². The quantitative estimate of drug-likeness (QED) is 0.562. The zero-order chi connectivity index (χ0) is 14.3. The average molecular weight is 264 g/mol. The maximum atomic E-state index is 12.1. The summed E-state index contributed by atoms with van der Waals surface area (Å²) in [6, 6.07) is 6.16. The molecule has 0 bridgehead atoms. The Bertz CT molecular complexity index is 429. The summed E-state index contributed by atoms with van der Waals surface area (Å²) in [4.78, 5) is 24.0. The number of benzene rings is 1. The number of nitro benzene ring substituents is 1. The van der Waals surface area contributed by atoms with Gasteiger partial charge >= 0.3 is 0 Å². The Kier molecular flexibility index (Phi) is 5.99. The molecule has 0 aliphatic carbocycles. The molecule has 0 fully saturated rings. The van der Waals surface area contributed by atoms with Gasteiger partial charge in [0, 0.05) is 25.2 Å². The minimum atomic E-state index is -0.439. The van der Waals surface area contributed by atoms with Gasteiger partial charge in [0.2, 0.25) is 5.91 Å². The first-order chi connectivity index (χ1) is 9.08. The summed E-state index contributed by atoms with van der Waals surface area (Å²) in [6.07, 6.45) is 2.36. The van der Waals surface area contributed by atoms with Gasteiger partial charge in [0.1, 0.15) is 0 Å². The molecule has 0 N–H and O–H groups in total. The second kappa shape index (κ2) is 7.51. The van der Waals surface area contributed by atoms with Crippen LogP contribution in [0.5, 0.6) is 0 Å². The third-order valence-corrected chi connectivity index (χ3v) is 3.02. The van der Waals surface area contributed by atoms with Crippen LogP contribution in [0.1, 0.15) is 32.3 Å². The molecule has 0 heterocycles. The van der Waals surface area contributed by atoms with E-state index in [1.54, 1.807) is 12.1 Å². The van der Waals surface area contributed by atoms with Crippen molar-refractivity contribution in [3.63, 3.8) is 0 Å². The van der Waals surface area contributed by atoms with Crippen LogP contribution in [-0.4, -0.2) is 28.8 Å². The second-order valence-corrected chi connectivity index (χ2v) is 4.43. The summed E-state index contributed by atoms with van der Waals surface area (Å²) in [5.74, 6) is 0.0739. The van der Waals surface area contributed by atoms with Gasteiger partial charge in [0.25, 0.3) is 5.69 Å². The van der Waals surface area contributed by atoms with E-state index in [2.05, 4.69) is 6.92 Å². The predicted molar refractivity (Wildman–Crippen MR) is 74.0 cm³/mol. The van der Waals surface area contributed by atoms with Crippen LogP contribution in [0.25, 0.3) is 0 Å². The Labute approximate surface area is 113 Å². The molecule has 5 heteroatoms. The van der Waals surface area contributed by atoms with E-state index in [1.807, 2.05) is 11.8 Å². The molecule has 104 valence electrons. The fourth-order valence-corrected chi connectivity index (χ4v) is 1.83. The van der Waals surface area contributed by atoms with Crippen molar-refractivity contribution in [3.05, 3.63) is 39.9 Å². The minimum Gasteiger partial charge on any atom is -0.343 e. The number of carbonyl (C=O) groups is 1. The maximum absolute atomic E-state index is 12.1. The molecule has 1 amide bonds. The largest absolute Gasteiger partial charge is 0.343 e. The van der Waals surface area contributed by atoms with Gasteiger partial charge < -0.3 is 4.90 Å². The van der Waals surface area contributed by atoms with Crippen molar-refractivity contribution in [3.8, 4) is 0 Å². The fourth-order valence-electron chi connectivity index (χ4n) is 1.83. The molecule has 0 aliphatic rings. The van der Waals surface area contributed by atoms with Gasteiger partial charge in [-0.05, 0) is 18.9 Å². The summed E-state index contributed by atoms with van der Waals surface area (Å²) in [5, 5.41) is 10.5. The first-order valence-electron chi connectivity index (χ1n) is 6.59. The van der Waals surface area contributed by atoms with E-state index >= 15 is 0 Å². The molecule has 1 aromatic rings. The van der Waals surface area contributed by atoms with Gasteiger partial charge in [-0.2, -0.15) is 0 Å². The van der Waals surface area contributed by atoms with E-state index in [-0.39, 0.29) is 11.6 Å². The number of unbranched alkanes of at least 4 members (excludes halogenated alkanes) is 1. The standard InChI is InChI=1S/C14H20N2O3/c1-3-5-10-15(4-2)14(17)11-12-6-8-13(9-7-12)16(18)19/h6-9H,3-5,10-11H2,1-2H3. The molecule has 0 aliphatic heterocycles. The predicted octanol–water partition coefficient (Wildman–Crippen LogP) is 2.79. The molecular formula is C14H20N2O3. The minimum absolute atomic E-state index is 0.0505. The summed E-state index contributed by atoms with van der Waals surface area (Å²) in [7, 11) is 0. The van der Waals surface area contributed by atoms with Crippen molar-refractivity contribution in [2.24, 2.45) is 0 Å². The Morgan fingerprint density at radius 3 is 2.37 bits per heavy atom. The van der Waals surface area contributed by atoms with Gasteiger partial charge in [0.05, 0.1) is 11.3 Å². The van der Waals surface area contributed by atoms with E-state index in [1.165, 1.54) is 12.1 Å². The highest BCUT2D eigenvalue weighted by Crippen LogP contribution is 2.13. The summed E-state index contributed by atoms with van der Waals surface area (Å²) >= 11 is 0. The monoisotopic (exact) mass is 264 g/mol. The fraction of sp³-hybridized carbons (Fsp3) is 0.500. The highest BCUT2D eigenvalue weighted by Gasteiger charge is 2.12. The lowest BCUT2D eigenvalue weighted by Gasteiger charge is -2.20. The van der Waals surface area contributed by atoms with Crippen LogP contribution in [0.15, 0.2) is 24.3 Å². The molecule has 0 atom stereocenters. The molecule has 19 heavy (non-hydrogen) atoms. The average Bonchev–Trinajstić information content (AvgIpc) is 2.40. The number of likely N-dealkylation sites (N-methyl/N-ethyl adjacent to an activating group) is 1. The highest BCUT2D eigenvalue weighted by molar-refractivity contribution is 5.78. The van der Waals surface area contributed by atoms with E-state index in [0.717, 1.165) is 24.9 Å². The lowest BCUT2D eigenvalue weighted by atomic mass is 10.1. The Morgan fingerprint density at radius 2 is 1.89 bits per heavy atom. The highest BCUT2D eigenvalue weighted by atomic mass is 16.6. The first kappa shape index (κ1) is 15.1. The van der Waals surface area contributed by atoms with Crippen LogP contribution in [0, 0.1) is 10.1 Å². The zero-order valence-corrected chi connectivity index (χ0v) is 11.5. The first-order valence-corrected chi connectivity index (χ1v) is 6.59. The Balaban J connectivity index is 2.62. The molecule has 1 aromatic carbocycles. The third kappa shape index (κ3) is 4.69. The van der Waals surface area contributed by atoms with Gasteiger partial charge in [-0.1, -0.05) is 25.5 Å². The van der Waals surface area contributed by atoms with E-state index in [4.69, 9.17) is 0 Å². The van der Waals surface area contributed by atoms with E-state index in [0.29, 0.717) is 13.0 Å². The number of rotatable bonds is 7. The van der Waals surface area contributed by atoms with Crippen molar-refractivity contribution >= 4 is 11.6 Å². The van der Waals surface area contributed by atoms with Crippen LogP contribution < -0.4 is 0 Å². The molecule has 5 nitrogen and oxygen atoms in total. The number of hydrogen-bond donors (Lipinski definition) is 0. The van der Waals surface area contributed by atoms with Gasteiger partial charge in [-0.3, -0.25) is 14.9 Å². The zero-order valence-electron chi connectivity index (χ0n) is 11.5. The molecule has 0 radical (unpaired) electrons. The van der Waals surface area contributed by atoms with E-state index in [9.17, 15) is 14.9 Å². The maximum Gasteiger partial charge on any atom is 0.269 e. The molecule has 0 saturated heterocycles. The smallest absolute Gasteiger partial charge is 0.269 e. The van der Waals surface area contributed by atoms with Crippen LogP contribution >= 0.6 is 0 Å². The van der Waals surface area contributed by atoms with Crippen molar-refractivity contribution in [2.75, 3.05) is 13.1 Å².